The SMILES string of the molecule is Cc1ccc2c(Cc3ccc(CCN)cc3)cn([C@@H]3O[C@H](CO)[C@@H](O)[C@H](O)[C@H]3O)c2c1. The fraction of sp³-hybridized carbons (Fsp3) is 0.417. The number of aryl methyl sites for hydroxylation is 1. The van der Waals surface area contributed by atoms with Crippen molar-refractivity contribution in [3.05, 3.63) is 70.9 Å². The van der Waals surface area contributed by atoms with Crippen LogP contribution in [0.15, 0.2) is 48.7 Å². The van der Waals surface area contributed by atoms with Crippen LogP contribution in [-0.4, -0.2) is 62.6 Å². The number of aromatic nitrogens is 1. The van der Waals surface area contributed by atoms with Crippen LogP contribution in [0.2, 0.25) is 0 Å². The molecule has 1 aliphatic rings. The van der Waals surface area contributed by atoms with Gasteiger partial charge < -0.3 is 35.5 Å². The molecule has 5 atom stereocenters. The van der Waals surface area contributed by atoms with E-state index in [1.165, 1.54) is 5.56 Å². The van der Waals surface area contributed by atoms with Gasteiger partial charge in [-0.15, -0.1) is 0 Å². The van der Waals surface area contributed by atoms with Gasteiger partial charge in [-0.2, -0.15) is 0 Å². The highest BCUT2D eigenvalue weighted by Gasteiger charge is 2.44. The summed E-state index contributed by atoms with van der Waals surface area (Å²) in [6.45, 7) is 2.15. The minimum atomic E-state index is -1.42. The predicted molar refractivity (Wildman–Crippen MR) is 118 cm³/mol. The van der Waals surface area contributed by atoms with Crippen LogP contribution in [-0.2, 0) is 17.6 Å². The van der Waals surface area contributed by atoms with Gasteiger partial charge in [-0.05, 0) is 54.6 Å². The zero-order valence-electron chi connectivity index (χ0n) is 17.6. The van der Waals surface area contributed by atoms with Gasteiger partial charge in [-0.1, -0.05) is 36.4 Å². The molecule has 1 saturated heterocycles. The minimum absolute atomic E-state index is 0.457. The molecule has 0 radical (unpaired) electrons. The molecule has 0 amide bonds. The third-order valence-electron chi connectivity index (χ3n) is 6.06. The number of hydrogen-bond acceptors (Lipinski definition) is 6. The number of aliphatic hydroxyl groups is 4. The van der Waals surface area contributed by atoms with Crippen molar-refractivity contribution in [2.45, 2.75) is 50.4 Å². The standard InChI is InChI=1S/C24H30N2O5/c1-14-2-7-18-17(11-16-5-3-15(4-6-16)8-9-25)12-26(19(18)10-14)24-23(30)22(29)21(28)20(13-27)31-24/h2-7,10,12,20-24,27-30H,8-9,11,13,25H2,1H3/t20-,21-,22+,23-,24-/m1/s1. The Morgan fingerprint density at radius 2 is 1.68 bits per heavy atom. The zero-order valence-corrected chi connectivity index (χ0v) is 17.6. The summed E-state index contributed by atoms with van der Waals surface area (Å²) in [5.74, 6) is 0. The van der Waals surface area contributed by atoms with E-state index in [4.69, 9.17) is 10.5 Å². The average molecular weight is 427 g/mol. The lowest BCUT2D eigenvalue weighted by molar-refractivity contribution is -0.250. The lowest BCUT2D eigenvalue weighted by Gasteiger charge is -2.40. The Balaban J connectivity index is 1.72. The molecule has 0 bridgehead atoms. The normalized spacial score (nSPS) is 26.5. The second kappa shape index (κ2) is 9.08. The van der Waals surface area contributed by atoms with Crippen molar-refractivity contribution in [2.24, 2.45) is 5.73 Å². The molecule has 4 rings (SSSR count). The number of nitrogens with two attached hydrogens (primary N) is 1. The van der Waals surface area contributed by atoms with Gasteiger partial charge in [-0.25, -0.2) is 0 Å². The molecule has 0 saturated carbocycles. The first-order valence-corrected chi connectivity index (χ1v) is 10.6. The van der Waals surface area contributed by atoms with E-state index in [1.807, 2.05) is 31.3 Å². The van der Waals surface area contributed by atoms with Crippen LogP contribution >= 0.6 is 0 Å². The molecule has 0 unspecified atom stereocenters. The molecule has 6 N–H and O–H groups in total. The number of rotatable bonds is 6. The van der Waals surface area contributed by atoms with Gasteiger partial charge in [0.05, 0.1) is 12.1 Å². The Morgan fingerprint density at radius 1 is 0.968 bits per heavy atom. The molecule has 3 aromatic rings. The topological polar surface area (TPSA) is 121 Å². The third kappa shape index (κ3) is 4.25. The summed E-state index contributed by atoms with van der Waals surface area (Å²) in [4.78, 5) is 0. The molecule has 2 heterocycles. The Hall–Kier alpha value is -2.26. The molecule has 7 nitrogen and oxygen atoms in total. The van der Waals surface area contributed by atoms with Crippen molar-refractivity contribution < 1.29 is 25.2 Å². The van der Waals surface area contributed by atoms with E-state index in [9.17, 15) is 20.4 Å². The maximum absolute atomic E-state index is 10.6. The molecule has 0 spiro atoms. The van der Waals surface area contributed by atoms with Crippen LogP contribution in [0.4, 0.5) is 0 Å². The van der Waals surface area contributed by atoms with Crippen molar-refractivity contribution in [3.63, 3.8) is 0 Å². The Kier molecular flexibility index (Phi) is 6.43. The summed E-state index contributed by atoms with van der Waals surface area (Å²) >= 11 is 0. The summed E-state index contributed by atoms with van der Waals surface area (Å²) in [5.41, 5.74) is 10.9. The van der Waals surface area contributed by atoms with Crippen molar-refractivity contribution >= 4 is 10.9 Å². The molecule has 2 aromatic carbocycles. The molecule has 31 heavy (non-hydrogen) atoms. The summed E-state index contributed by atoms with van der Waals surface area (Å²) in [7, 11) is 0. The lowest BCUT2D eigenvalue weighted by atomic mass is 9.98. The molecule has 166 valence electrons. The number of fused-ring (bicyclic) bond motifs is 1. The van der Waals surface area contributed by atoms with Crippen LogP contribution in [0, 0.1) is 6.92 Å². The lowest BCUT2D eigenvalue weighted by Crippen LogP contribution is -2.56. The highest BCUT2D eigenvalue weighted by atomic mass is 16.6. The van der Waals surface area contributed by atoms with Gasteiger partial charge in [0.1, 0.15) is 24.4 Å². The van der Waals surface area contributed by atoms with Crippen LogP contribution in [0.3, 0.4) is 0 Å². The van der Waals surface area contributed by atoms with E-state index < -0.39 is 37.3 Å². The average Bonchev–Trinajstić information content (AvgIpc) is 3.11. The molecular formula is C24H30N2O5. The molecule has 1 fully saturated rings. The second-order valence-electron chi connectivity index (χ2n) is 8.33. The first-order chi connectivity index (χ1) is 14.9. The van der Waals surface area contributed by atoms with Crippen LogP contribution in [0.1, 0.15) is 28.5 Å². The number of ether oxygens (including phenoxy) is 1. The Bertz CT molecular complexity index is 1030. The van der Waals surface area contributed by atoms with Gasteiger partial charge in [0.2, 0.25) is 0 Å². The Morgan fingerprint density at radius 3 is 2.35 bits per heavy atom. The summed E-state index contributed by atoms with van der Waals surface area (Å²) in [6, 6.07) is 14.4. The van der Waals surface area contributed by atoms with Gasteiger partial charge >= 0.3 is 0 Å². The van der Waals surface area contributed by atoms with Gasteiger partial charge in [-0.3, -0.25) is 0 Å². The molecule has 0 aliphatic carbocycles. The minimum Gasteiger partial charge on any atom is -0.394 e. The highest BCUT2D eigenvalue weighted by Crippen LogP contribution is 2.34. The van der Waals surface area contributed by atoms with Crippen molar-refractivity contribution in [1.82, 2.24) is 4.57 Å². The first-order valence-electron chi connectivity index (χ1n) is 10.6. The maximum atomic E-state index is 10.6. The van der Waals surface area contributed by atoms with E-state index in [2.05, 4.69) is 24.3 Å². The Labute approximate surface area is 181 Å². The van der Waals surface area contributed by atoms with Crippen molar-refractivity contribution in [1.29, 1.82) is 0 Å². The maximum Gasteiger partial charge on any atom is 0.163 e. The van der Waals surface area contributed by atoms with E-state index in [0.717, 1.165) is 34.0 Å². The van der Waals surface area contributed by atoms with E-state index in [-0.39, 0.29) is 0 Å². The molecule has 1 aromatic heterocycles. The summed E-state index contributed by atoms with van der Waals surface area (Å²) in [6.07, 6.45) is -2.57. The monoisotopic (exact) mass is 426 g/mol. The quantitative estimate of drug-likeness (QED) is 0.401. The fourth-order valence-corrected chi connectivity index (χ4v) is 4.31. The fourth-order valence-electron chi connectivity index (χ4n) is 4.31. The second-order valence-corrected chi connectivity index (χ2v) is 8.33. The predicted octanol–water partition coefficient (Wildman–Crippen LogP) is 1.01. The molecule has 7 heteroatoms. The van der Waals surface area contributed by atoms with Crippen LogP contribution < -0.4 is 5.73 Å². The number of hydrogen-bond donors (Lipinski definition) is 5. The third-order valence-corrected chi connectivity index (χ3v) is 6.06. The number of nitrogens with zero attached hydrogens (tertiary/aromatic N) is 1. The molecular weight excluding hydrogens is 396 g/mol. The van der Waals surface area contributed by atoms with E-state index in [0.29, 0.717) is 13.0 Å². The van der Waals surface area contributed by atoms with Gasteiger partial charge in [0, 0.05) is 11.6 Å². The number of benzene rings is 2. The molecule has 1 aliphatic heterocycles. The number of aliphatic hydroxyl groups excluding tert-OH is 4. The van der Waals surface area contributed by atoms with E-state index in [1.54, 1.807) is 4.57 Å². The van der Waals surface area contributed by atoms with Crippen molar-refractivity contribution in [2.75, 3.05) is 13.2 Å². The van der Waals surface area contributed by atoms with E-state index >= 15 is 0 Å². The van der Waals surface area contributed by atoms with Crippen LogP contribution in [0.5, 0.6) is 0 Å². The van der Waals surface area contributed by atoms with Crippen LogP contribution in [0.25, 0.3) is 10.9 Å². The highest BCUT2D eigenvalue weighted by molar-refractivity contribution is 5.85. The first kappa shape index (κ1) is 22.0. The summed E-state index contributed by atoms with van der Waals surface area (Å²) < 4.78 is 7.61. The smallest absolute Gasteiger partial charge is 0.163 e. The van der Waals surface area contributed by atoms with Gasteiger partial charge in [0.15, 0.2) is 6.23 Å². The summed E-state index contributed by atoms with van der Waals surface area (Å²) in [5, 5.41) is 41.6. The van der Waals surface area contributed by atoms with Gasteiger partial charge in [0.25, 0.3) is 0 Å². The van der Waals surface area contributed by atoms with Crippen molar-refractivity contribution in [3.8, 4) is 0 Å². The zero-order chi connectivity index (χ0) is 22.1. The largest absolute Gasteiger partial charge is 0.394 e.